The van der Waals surface area contributed by atoms with Gasteiger partial charge in [-0.15, -0.1) is 0 Å². The number of allylic oxidation sites excluding steroid dienone is 6. The van der Waals surface area contributed by atoms with Gasteiger partial charge in [-0.3, -0.25) is 0 Å². The number of hydrogen-bond donors (Lipinski definition) is 0. The van der Waals surface area contributed by atoms with Crippen molar-refractivity contribution in [1.82, 2.24) is 0 Å². The van der Waals surface area contributed by atoms with Crippen LogP contribution in [0.3, 0.4) is 0 Å². The minimum atomic E-state index is -0.591. The molecular formula is C9H10F2. The van der Waals surface area contributed by atoms with Gasteiger partial charge in [0.25, 0.3) is 0 Å². The van der Waals surface area contributed by atoms with E-state index in [9.17, 15) is 8.78 Å². The minimum absolute atomic E-state index is 0.419. The van der Waals surface area contributed by atoms with E-state index in [0.29, 0.717) is 5.57 Å². The highest BCUT2D eigenvalue weighted by atomic mass is 19.1. The monoisotopic (exact) mass is 156 g/mol. The standard InChI is InChI=1S/C9H10F2/c1-3-9(7-10)6-4-5-8(2)11/h3-6H,1-2,7H2/b5-4-,9-6-. The Morgan fingerprint density at radius 3 is 2.45 bits per heavy atom. The zero-order chi connectivity index (χ0) is 8.69. The highest BCUT2D eigenvalue weighted by Crippen LogP contribution is 1.99. The molecule has 11 heavy (non-hydrogen) atoms. The van der Waals surface area contributed by atoms with Crippen LogP contribution in [-0.4, -0.2) is 6.67 Å². The average Bonchev–Trinajstić information content (AvgIpc) is 1.98. The maximum atomic E-state index is 11.9. The van der Waals surface area contributed by atoms with Crippen molar-refractivity contribution < 1.29 is 8.78 Å². The summed E-state index contributed by atoms with van der Waals surface area (Å²) in [6.45, 7) is 5.78. The highest BCUT2D eigenvalue weighted by Gasteiger charge is 1.84. The molecule has 0 saturated carbocycles. The average molecular weight is 156 g/mol. The quantitative estimate of drug-likeness (QED) is 0.548. The Morgan fingerprint density at radius 1 is 1.45 bits per heavy atom. The van der Waals surface area contributed by atoms with E-state index < -0.39 is 12.5 Å². The molecule has 0 fully saturated rings. The van der Waals surface area contributed by atoms with Crippen LogP contribution in [0.25, 0.3) is 0 Å². The van der Waals surface area contributed by atoms with Gasteiger partial charge in [0.05, 0.1) is 0 Å². The zero-order valence-electron chi connectivity index (χ0n) is 6.19. The molecule has 0 N–H and O–H groups in total. The molecule has 60 valence electrons. The molecule has 0 heterocycles. The van der Waals surface area contributed by atoms with Gasteiger partial charge in [0.1, 0.15) is 12.5 Å². The Hall–Kier alpha value is -1.18. The molecule has 0 aliphatic carbocycles. The first-order chi connectivity index (χ1) is 5.20. The second-order valence-electron chi connectivity index (χ2n) is 1.89. The van der Waals surface area contributed by atoms with Crippen LogP contribution in [0, 0.1) is 0 Å². The summed E-state index contributed by atoms with van der Waals surface area (Å²) in [6.07, 6.45) is 5.36. The van der Waals surface area contributed by atoms with Gasteiger partial charge in [0, 0.05) is 0 Å². The molecule has 0 aliphatic heterocycles. The minimum Gasteiger partial charge on any atom is -0.246 e. The maximum absolute atomic E-state index is 11.9. The fourth-order valence-corrected chi connectivity index (χ4v) is 0.443. The molecule has 0 unspecified atom stereocenters. The molecule has 0 spiro atoms. The smallest absolute Gasteiger partial charge is 0.116 e. The normalized spacial score (nSPS) is 12.0. The first kappa shape index (κ1) is 9.82. The molecule has 0 bridgehead atoms. The van der Waals surface area contributed by atoms with Crippen LogP contribution < -0.4 is 0 Å². The molecule has 0 aromatic heterocycles. The van der Waals surface area contributed by atoms with Crippen LogP contribution in [0.1, 0.15) is 0 Å². The highest BCUT2D eigenvalue weighted by molar-refractivity contribution is 5.24. The van der Waals surface area contributed by atoms with Crippen LogP contribution in [0.15, 0.2) is 48.9 Å². The van der Waals surface area contributed by atoms with Crippen LogP contribution in [0.2, 0.25) is 0 Å². The zero-order valence-corrected chi connectivity index (χ0v) is 6.19. The molecule has 0 amide bonds. The summed E-state index contributed by atoms with van der Waals surface area (Å²) in [5, 5.41) is 0. The van der Waals surface area contributed by atoms with Gasteiger partial charge in [-0.05, 0) is 11.6 Å². The Labute approximate surface area is 65.2 Å². The molecule has 2 heteroatoms. The van der Waals surface area contributed by atoms with Crippen molar-refractivity contribution >= 4 is 0 Å². The molecule has 0 radical (unpaired) electrons. The van der Waals surface area contributed by atoms with Crippen LogP contribution in [0.5, 0.6) is 0 Å². The van der Waals surface area contributed by atoms with Crippen molar-refractivity contribution in [2.75, 3.05) is 6.67 Å². The third-order valence-corrected chi connectivity index (χ3v) is 1.00. The predicted molar refractivity (Wildman–Crippen MR) is 43.6 cm³/mol. The van der Waals surface area contributed by atoms with Gasteiger partial charge in [0.15, 0.2) is 0 Å². The van der Waals surface area contributed by atoms with Crippen molar-refractivity contribution in [3.05, 3.63) is 48.9 Å². The summed E-state index contributed by atoms with van der Waals surface area (Å²) < 4.78 is 23.8. The van der Waals surface area contributed by atoms with E-state index in [4.69, 9.17) is 0 Å². The molecule has 0 aliphatic rings. The lowest BCUT2D eigenvalue weighted by atomic mass is 10.2. The summed E-state index contributed by atoms with van der Waals surface area (Å²) in [4.78, 5) is 0. The van der Waals surface area contributed by atoms with Crippen LogP contribution in [0.4, 0.5) is 8.78 Å². The van der Waals surface area contributed by atoms with Gasteiger partial charge < -0.3 is 0 Å². The summed E-state index contributed by atoms with van der Waals surface area (Å²) in [5.74, 6) is -0.552. The van der Waals surface area contributed by atoms with Crippen LogP contribution >= 0.6 is 0 Å². The fourth-order valence-electron chi connectivity index (χ4n) is 0.443. The fraction of sp³-hybridized carbons (Fsp3) is 0.111. The lowest BCUT2D eigenvalue weighted by Gasteiger charge is -1.87. The second-order valence-corrected chi connectivity index (χ2v) is 1.89. The second kappa shape index (κ2) is 5.59. The van der Waals surface area contributed by atoms with Crippen molar-refractivity contribution in [3.63, 3.8) is 0 Å². The van der Waals surface area contributed by atoms with E-state index >= 15 is 0 Å². The summed E-state index contributed by atoms with van der Waals surface area (Å²) in [5.41, 5.74) is 0.419. The van der Waals surface area contributed by atoms with Crippen molar-refractivity contribution in [2.24, 2.45) is 0 Å². The largest absolute Gasteiger partial charge is 0.246 e. The Balaban J connectivity index is 4.08. The molecule has 0 aromatic rings. The molecule has 0 nitrogen and oxygen atoms in total. The first-order valence-electron chi connectivity index (χ1n) is 3.10. The number of halogens is 2. The third-order valence-electron chi connectivity index (χ3n) is 1.00. The van der Waals surface area contributed by atoms with E-state index in [1.54, 1.807) is 0 Å². The maximum Gasteiger partial charge on any atom is 0.116 e. The van der Waals surface area contributed by atoms with Gasteiger partial charge in [-0.1, -0.05) is 31.4 Å². The molecular weight excluding hydrogens is 146 g/mol. The number of alkyl halides is 1. The molecule has 0 aromatic carbocycles. The Bertz CT molecular complexity index is 200. The Morgan fingerprint density at radius 2 is 2.09 bits per heavy atom. The third kappa shape index (κ3) is 5.27. The first-order valence-corrected chi connectivity index (χ1v) is 3.10. The summed E-state index contributed by atoms with van der Waals surface area (Å²) >= 11 is 0. The lowest BCUT2D eigenvalue weighted by molar-refractivity contribution is 0.549. The van der Waals surface area contributed by atoms with Gasteiger partial charge in [0.2, 0.25) is 0 Å². The molecule has 0 saturated heterocycles. The topological polar surface area (TPSA) is 0 Å². The summed E-state index contributed by atoms with van der Waals surface area (Å²) in [7, 11) is 0. The Kier molecular flexibility index (Phi) is 4.99. The number of rotatable bonds is 4. The van der Waals surface area contributed by atoms with Crippen molar-refractivity contribution in [1.29, 1.82) is 0 Å². The SMILES string of the molecule is C=C/C(=C/C=C\C(=C)F)CF. The lowest BCUT2D eigenvalue weighted by Crippen LogP contribution is -1.76. The van der Waals surface area contributed by atoms with E-state index in [2.05, 4.69) is 13.2 Å². The van der Waals surface area contributed by atoms with Gasteiger partial charge >= 0.3 is 0 Å². The summed E-state index contributed by atoms with van der Waals surface area (Å²) in [6, 6.07) is 0. The van der Waals surface area contributed by atoms with E-state index in [1.807, 2.05) is 0 Å². The van der Waals surface area contributed by atoms with Crippen LogP contribution in [-0.2, 0) is 0 Å². The van der Waals surface area contributed by atoms with Crippen molar-refractivity contribution in [2.45, 2.75) is 0 Å². The van der Waals surface area contributed by atoms with E-state index in [1.165, 1.54) is 18.2 Å². The predicted octanol–water partition coefficient (Wildman–Crippen LogP) is 3.11. The van der Waals surface area contributed by atoms with Crippen molar-refractivity contribution in [3.8, 4) is 0 Å². The van der Waals surface area contributed by atoms with E-state index in [0.717, 1.165) is 6.08 Å². The molecule has 0 rings (SSSR count). The molecule has 0 atom stereocenters. The van der Waals surface area contributed by atoms with Gasteiger partial charge in [-0.2, -0.15) is 0 Å². The van der Waals surface area contributed by atoms with Gasteiger partial charge in [-0.25, -0.2) is 8.78 Å². The van der Waals surface area contributed by atoms with E-state index in [-0.39, 0.29) is 0 Å². The number of hydrogen-bond acceptors (Lipinski definition) is 0.